The third kappa shape index (κ3) is 3.23. The lowest BCUT2D eigenvalue weighted by atomic mass is 10.1. The molecule has 1 aromatic rings. The summed E-state index contributed by atoms with van der Waals surface area (Å²) in [7, 11) is 0. The van der Waals surface area contributed by atoms with E-state index in [1.165, 1.54) is 12.3 Å². The Bertz CT molecular complexity index is 739. The van der Waals surface area contributed by atoms with Crippen LogP contribution in [0.15, 0.2) is 17.1 Å². The Kier molecular flexibility index (Phi) is 4.27. The van der Waals surface area contributed by atoms with Gasteiger partial charge in [0.1, 0.15) is 6.10 Å². The van der Waals surface area contributed by atoms with Gasteiger partial charge in [0.2, 0.25) is 0 Å². The zero-order chi connectivity index (χ0) is 18.4. The van der Waals surface area contributed by atoms with Gasteiger partial charge in [0.15, 0.2) is 30.5 Å². The van der Waals surface area contributed by atoms with Crippen LogP contribution in [0.25, 0.3) is 0 Å². The zero-order valence-electron chi connectivity index (χ0n) is 13.8. The lowest BCUT2D eigenvalue weighted by Crippen LogP contribution is -2.43. The van der Waals surface area contributed by atoms with Crippen LogP contribution in [0, 0.1) is 0 Å². The van der Waals surface area contributed by atoms with E-state index in [2.05, 4.69) is 4.98 Å². The number of carbonyl (C=O) groups is 1. The van der Waals surface area contributed by atoms with E-state index in [1.54, 1.807) is 19.3 Å². The van der Waals surface area contributed by atoms with E-state index in [0.717, 1.165) is 11.5 Å². The van der Waals surface area contributed by atoms with E-state index in [-0.39, 0.29) is 5.82 Å². The molecule has 0 spiro atoms. The van der Waals surface area contributed by atoms with Gasteiger partial charge in [-0.1, -0.05) is 0 Å². The summed E-state index contributed by atoms with van der Waals surface area (Å²) in [5.41, 5.74) is 0.943. The fraction of sp³-hybridized carbons (Fsp3) is 0.643. The lowest BCUT2D eigenvalue weighted by Gasteiger charge is -2.28. The Hall–Kier alpha value is -2.08. The number of fused-ring (bicyclic) bond motifs is 1. The number of anilines is 1. The van der Waals surface area contributed by atoms with Gasteiger partial charge in [-0.15, -0.1) is 0 Å². The van der Waals surface area contributed by atoms with Crippen molar-refractivity contribution in [2.24, 2.45) is 0 Å². The minimum atomic E-state index is -2.50. The number of hydrogen-bond donors (Lipinski definition) is 2. The minimum Gasteiger partial charge on any atom is -0.460 e. The molecule has 0 aliphatic carbocycles. The molecule has 2 aliphatic heterocycles. The second kappa shape index (κ2) is 6.02. The van der Waals surface area contributed by atoms with Crippen LogP contribution in [-0.4, -0.2) is 51.2 Å². The van der Waals surface area contributed by atoms with E-state index in [4.69, 9.17) is 24.2 Å². The van der Waals surface area contributed by atoms with Gasteiger partial charge in [-0.05, 0) is 19.9 Å². The maximum atomic E-state index is 15.3. The molecule has 0 bridgehead atoms. The first-order valence-corrected chi connectivity index (χ1v) is 7.50. The lowest BCUT2D eigenvalue weighted by molar-refractivity contribution is -0.267. The molecule has 4 atom stereocenters. The molecule has 25 heavy (non-hydrogen) atoms. The molecule has 2 N–H and O–H groups in total. The van der Waals surface area contributed by atoms with E-state index < -0.39 is 48.3 Å². The van der Waals surface area contributed by atoms with Crippen LogP contribution in [0.1, 0.15) is 27.0 Å². The largest absolute Gasteiger partial charge is 0.460 e. The second-order valence-electron chi connectivity index (χ2n) is 6.21. The fourth-order valence-corrected chi connectivity index (χ4v) is 2.87. The SMILES string of the molecule is CC(=O)OC[C@@]1(F)O[C@@H](n2ccc(NO)nc2=O)[C@@H]2OC(C)(C)O[C@@H]21. The van der Waals surface area contributed by atoms with Gasteiger partial charge in [0.05, 0.1) is 0 Å². The summed E-state index contributed by atoms with van der Waals surface area (Å²) in [6, 6.07) is 1.30. The van der Waals surface area contributed by atoms with E-state index >= 15 is 4.39 Å². The molecule has 3 heterocycles. The highest BCUT2D eigenvalue weighted by atomic mass is 19.2. The maximum Gasteiger partial charge on any atom is 0.351 e. The number of aromatic nitrogens is 2. The molecule has 0 radical (unpaired) electrons. The van der Waals surface area contributed by atoms with Gasteiger partial charge in [-0.25, -0.2) is 9.18 Å². The van der Waals surface area contributed by atoms with Crippen molar-refractivity contribution in [3.05, 3.63) is 22.7 Å². The van der Waals surface area contributed by atoms with Crippen molar-refractivity contribution in [2.75, 3.05) is 12.1 Å². The summed E-state index contributed by atoms with van der Waals surface area (Å²) in [6.45, 7) is 3.61. The average Bonchev–Trinajstić information content (AvgIpc) is 2.98. The normalized spacial score (nSPS) is 33.1. The minimum absolute atomic E-state index is 0.0776. The first-order valence-electron chi connectivity index (χ1n) is 7.50. The molecule has 0 aromatic carbocycles. The van der Waals surface area contributed by atoms with Gasteiger partial charge in [-0.2, -0.15) is 4.98 Å². The third-order valence-electron chi connectivity index (χ3n) is 3.84. The Labute approximate surface area is 141 Å². The van der Waals surface area contributed by atoms with Gasteiger partial charge in [0.25, 0.3) is 5.85 Å². The molecule has 2 saturated heterocycles. The fourth-order valence-electron chi connectivity index (χ4n) is 2.87. The number of carbonyl (C=O) groups excluding carboxylic acids is 1. The maximum absolute atomic E-state index is 15.3. The van der Waals surface area contributed by atoms with Crippen molar-refractivity contribution < 1.29 is 33.3 Å². The Morgan fingerprint density at radius 3 is 2.80 bits per heavy atom. The Morgan fingerprint density at radius 2 is 2.20 bits per heavy atom. The molecule has 10 nitrogen and oxygen atoms in total. The standard InChI is InChI=1S/C14H18FN3O7/c1-7(19)22-6-14(15)10-9(23-13(2,3)24-10)11(25-14)18-5-4-8(17-21)16-12(18)20/h4-5,9-11,21H,6H2,1-3H3,(H,16,17,20)/t9-,10+,11-,14-/m1/s1. The van der Waals surface area contributed by atoms with Crippen molar-refractivity contribution in [2.45, 2.75) is 50.8 Å². The Morgan fingerprint density at radius 1 is 1.48 bits per heavy atom. The summed E-state index contributed by atoms with van der Waals surface area (Å²) in [5, 5.41) is 8.80. The number of nitrogens with zero attached hydrogens (tertiary/aromatic N) is 2. The topological polar surface area (TPSA) is 121 Å². The summed E-state index contributed by atoms with van der Waals surface area (Å²) in [6.07, 6.45) is -2.11. The first-order chi connectivity index (χ1) is 11.6. The van der Waals surface area contributed by atoms with Gasteiger partial charge < -0.3 is 18.9 Å². The average molecular weight is 359 g/mol. The van der Waals surface area contributed by atoms with E-state index in [1.807, 2.05) is 0 Å². The molecular formula is C14H18FN3O7. The summed E-state index contributed by atoms with van der Waals surface area (Å²) in [4.78, 5) is 26.7. The van der Waals surface area contributed by atoms with Crippen LogP contribution in [-0.2, 0) is 23.7 Å². The number of nitrogens with one attached hydrogen (secondary N) is 1. The zero-order valence-corrected chi connectivity index (χ0v) is 13.8. The van der Waals surface area contributed by atoms with Crippen LogP contribution in [0.5, 0.6) is 0 Å². The monoisotopic (exact) mass is 359 g/mol. The molecule has 11 heteroatoms. The molecule has 2 aliphatic rings. The molecule has 138 valence electrons. The molecule has 2 fully saturated rings. The number of esters is 1. The van der Waals surface area contributed by atoms with Crippen LogP contribution in [0.3, 0.4) is 0 Å². The highest BCUT2D eigenvalue weighted by molar-refractivity contribution is 5.65. The van der Waals surface area contributed by atoms with Gasteiger partial charge in [0, 0.05) is 13.1 Å². The molecule has 1 aromatic heterocycles. The van der Waals surface area contributed by atoms with Crippen LogP contribution >= 0.6 is 0 Å². The molecule has 0 amide bonds. The summed E-state index contributed by atoms with van der Waals surface area (Å²) >= 11 is 0. The number of alkyl halides is 1. The second-order valence-corrected chi connectivity index (χ2v) is 6.21. The number of rotatable bonds is 4. The van der Waals surface area contributed by atoms with Crippen molar-refractivity contribution >= 4 is 11.8 Å². The quantitative estimate of drug-likeness (QED) is 0.578. The number of ether oxygens (including phenoxy) is 4. The van der Waals surface area contributed by atoms with Crippen molar-refractivity contribution in [3.63, 3.8) is 0 Å². The third-order valence-corrected chi connectivity index (χ3v) is 3.84. The van der Waals surface area contributed by atoms with Crippen LogP contribution in [0.2, 0.25) is 0 Å². The van der Waals surface area contributed by atoms with Gasteiger partial charge in [-0.3, -0.25) is 20.0 Å². The Balaban J connectivity index is 1.95. The van der Waals surface area contributed by atoms with Crippen molar-refractivity contribution in [1.82, 2.24) is 9.55 Å². The predicted octanol–water partition coefficient (Wildman–Crippen LogP) is 0.322. The van der Waals surface area contributed by atoms with Crippen LogP contribution < -0.4 is 11.2 Å². The number of halogens is 1. The number of hydrogen-bond acceptors (Lipinski definition) is 9. The van der Waals surface area contributed by atoms with Crippen molar-refractivity contribution in [3.8, 4) is 0 Å². The first kappa shape index (κ1) is 17.7. The highest BCUT2D eigenvalue weighted by Crippen LogP contribution is 2.48. The van der Waals surface area contributed by atoms with Crippen molar-refractivity contribution in [1.29, 1.82) is 0 Å². The smallest absolute Gasteiger partial charge is 0.351 e. The molecule has 0 unspecified atom stereocenters. The van der Waals surface area contributed by atoms with E-state index in [0.29, 0.717) is 0 Å². The molecular weight excluding hydrogens is 341 g/mol. The van der Waals surface area contributed by atoms with Crippen LogP contribution in [0.4, 0.5) is 10.2 Å². The molecule has 3 rings (SSSR count). The molecule has 0 saturated carbocycles. The summed E-state index contributed by atoms with van der Waals surface area (Å²) < 4.78 is 37.6. The summed E-state index contributed by atoms with van der Waals surface area (Å²) in [5.74, 6) is -4.38. The predicted molar refractivity (Wildman–Crippen MR) is 78.3 cm³/mol. The highest BCUT2D eigenvalue weighted by Gasteiger charge is 2.65. The van der Waals surface area contributed by atoms with Gasteiger partial charge >= 0.3 is 11.7 Å². The van der Waals surface area contributed by atoms with E-state index in [9.17, 15) is 9.59 Å².